The normalized spacial score (nSPS) is 11.2. The van der Waals surface area contributed by atoms with Gasteiger partial charge < -0.3 is 0 Å². The highest BCUT2D eigenvalue weighted by molar-refractivity contribution is 8.03. The fourth-order valence-electron chi connectivity index (χ4n) is 0.857. The monoisotopic (exact) mass is 255 g/mol. The molecule has 1 amide bonds. The highest BCUT2D eigenvalue weighted by Gasteiger charge is 2.33. The Bertz CT molecular complexity index is 343. The zero-order chi connectivity index (χ0) is 11.5. The van der Waals surface area contributed by atoms with Gasteiger partial charge in [0.25, 0.3) is 0 Å². The number of halogens is 4. The first kappa shape index (κ1) is 12.2. The number of nitrogens with zero attached hydrogens (tertiary/aromatic N) is 1. The Labute approximate surface area is 93.1 Å². The van der Waals surface area contributed by atoms with Crippen molar-refractivity contribution in [1.29, 1.82) is 0 Å². The van der Waals surface area contributed by atoms with Gasteiger partial charge in [-0.2, -0.15) is 8.78 Å². The van der Waals surface area contributed by atoms with Crippen LogP contribution in [0.4, 0.5) is 23.7 Å². The molecule has 0 aliphatic heterocycles. The molecule has 82 valence electrons. The van der Waals surface area contributed by atoms with Gasteiger partial charge in [-0.25, -0.2) is 9.10 Å². The smallest absolute Gasteiger partial charge is 0.233 e. The number of para-hydroxylation sites is 1. The summed E-state index contributed by atoms with van der Waals surface area (Å²) in [6, 6.07) is 7.20. The van der Waals surface area contributed by atoms with Gasteiger partial charge in [0.05, 0.1) is 17.6 Å². The number of benzene rings is 1. The minimum atomic E-state index is -3.74. The van der Waals surface area contributed by atoms with Crippen molar-refractivity contribution in [3.05, 3.63) is 30.3 Å². The van der Waals surface area contributed by atoms with Gasteiger partial charge in [0, 0.05) is 0 Å². The van der Waals surface area contributed by atoms with Gasteiger partial charge in [-0.05, 0) is 23.7 Å². The maximum absolute atomic E-state index is 12.5. The van der Waals surface area contributed by atoms with Gasteiger partial charge in [-0.3, -0.25) is 0 Å². The lowest BCUT2D eigenvalue weighted by Gasteiger charge is -2.18. The number of alkyl halides is 3. The maximum Gasteiger partial charge on any atom is 0.415 e. The Balaban J connectivity index is 2.90. The first-order valence-electron chi connectivity index (χ1n) is 3.70. The molecule has 0 N–H and O–H groups in total. The predicted molar refractivity (Wildman–Crippen MR) is 53.8 cm³/mol. The van der Waals surface area contributed by atoms with E-state index in [2.05, 4.69) is 11.6 Å². The number of anilines is 1. The predicted octanol–water partition coefficient (Wildman–Crippen LogP) is 4.02. The SMILES string of the molecule is O=C(F)N(SC(F)(F)Cl)c1ccccc1. The highest BCUT2D eigenvalue weighted by atomic mass is 35.5. The van der Waals surface area contributed by atoms with Crippen LogP contribution in [0, 0.1) is 0 Å². The number of carbonyl (C=O) groups is 1. The van der Waals surface area contributed by atoms with Crippen molar-refractivity contribution in [2.75, 3.05) is 4.31 Å². The number of rotatable bonds is 3. The van der Waals surface area contributed by atoms with E-state index >= 15 is 0 Å². The number of hydrogen-bond acceptors (Lipinski definition) is 2. The largest absolute Gasteiger partial charge is 0.415 e. The van der Waals surface area contributed by atoms with Crippen LogP contribution in [0.15, 0.2) is 30.3 Å². The average molecular weight is 256 g/mol. The van der Waals surface area contributed by atoms with E-state index in [1.165, 1.54) is 24.3 Å². The van der Waals surface area contributed by atoms with Crippen LogP contribution in [0.1, 0.15) is 0 Å². The summed E-state index contributed by atoms with van der Waals surface area (Å²) in [4.78, 5) is 10.5. The van der Waals surface area contributed by atoms with Crippen molar-refractivity contribution >= 4 is 35.4 Å². The van der Waals surface area contributed by atoms with Crippen molar-refractivity contribution < 1.29 is 18.0 Å². The summed E-state index contributed by atoms with van der Waals surface area (Å²) in [5, 5.41) is 0. The zero-order valence-electron chi connectivity index (χ0n) is 7.16. The van der Waals surface area contributed by atoms with Crippen LogP contribution in [0.3, 0.4) is 0 Å². The lowest BCUT2D eigenvalue weighted by atomic mass is 10.3. The second-order valence-corrected chi connectivity index (χ2v) is 4.18. The van der Waals surface area contributed by atoms with Crippen LogP contribution in [0.5, 0.6) is 0 Å². The molecule has 7 heteroatoms. The lowest BCUT2D eigenvalue weighted by molar-refractivity contribution is 0.201. The summed E-state index contributed by atoms with van der Waals surface area (Å²) >= 11 is 4.19. The topological polar surface area (TPSA) is 20.3 Å². The third-order valence-corrected chi connectivity index (χ3v) is 2.30. The Kier molecular flexibility index (Phi) is 3.87. The first-order chi connectivity index (χ1) is 6.90. The average Bonchev–Trinajstić information content (AvgIpc) is 2.14. The van der Waals surface area contributed by atoms with Crippen molar-refractivity contribution in [2.24, 2.45) is 0 Å². The fourth-order valence-corrected chi connectivity index (χ4v) is 1.57. The summed E-state index contributed by atoms with van der Waals surface area (Å²) in [6.07, 6.45) is -2.01. The Morgan fingerprint density at radius 2 is 1.87 bits per heavy atom. The standard InChI is InChI=1S/C8H5ClF3NOS/c9-8(11,12)15-13(7(10)14)6-4-2-1-3-5-6/h1-5H. The molecule has 1 aromatic carbocycles. The highest BCUT2D eigenvalue weighted by Crippen LogP contribution is 2.38. The van der Waals surface area contributed by atoms with Crippen LogP contribution in [-0.2, 0) is 0 Å². The molecule has 0 saturated heterocycles. The van der Waals surface area contributed by atoms with E-state index in [0.717, 1.165) is 0 Å². The van der Waals surface area contributed by atoms with E-state index in [1.807, 2.05) is 0 Å². The van der Waals surface area contributed by atoms with Crippen LogP contribution >= 0.6 is 23.5 Å². The zero-order valence-corrected chi connectivity index (χ0v) is 8.73. The van der Waals surface area contributed by atoms with E-state index in [4.69, 9.17) is 0 Å². The summed E-state index contributed by atoms with van der Waals surface area (Å²) in [5.74, 6) is 0. The minimum absolute atomic E-state index is 0.00433. The third kappa shape index (κ3) is 4.01. The van der Waals surface area contributed by atoms with Crippen LogP contribution in [0.2, 0.25) is 0 Å². The first-order valence-corrected chi connectivity index (χ1v) is 4.86. The Hall–Kier alpha value is -0.880. The molecule has 0 aliphatic carbocycles. The van der Waals surface area contributed by atoms with Gasteiger partial charge in [0.2, 0.25) is 0 Å². The van der Waals surface area contributed by atoms with Gasteiger partial charge in [-0.1, -0.05) is 18.2 Å². The molecule has 1 aromatic rings. The van der Waals surface area contributed by atoms with Crippen molar-refractivity contribution in [3.8, 4) is 0 Å². The van der Waals surface area contributed by atoms with E-state index in [-0.39, 0.29) is 9.99 Å². The molecule has 1 rings (SSSR count). The summed E-state index contributed by atoms with van der Waals surface area (Å²) in [6.45, 7) is 0. The molecule has 0 atom stereocenters. The van der Waals surface area contributed by atoms with Gasteiger partial charge in [-0.15, -0.1) is 4.39 Å². The molecule has 0 aliphatic rings. The molecule has 2 nitrogen and oxygen atoms in total. The van der Waals surface area contributed by atoms with Gasteiger partial charge in [0.15, 0.2) is 0 Å². The second kappa shape index (κ2) is 4.76. The van der Waals surface area contributed by atoms with E-state index in [9.17, 15) is 18.0 Å². The van der Waals surface area contributed by atoms with Crippen LogP contribution in [0.25, 0.3) is 0 Å². The maximum atomic E-state index is 12.5. The molecular formula is C8H5ClF3NOS. The number of carbonyl (C=O) groups excluding carboxylic acids is 1. The van der Waals surface area contributed by atoms with Gasteiger partial charge in [0.1, 0.15) is 0 Å². The van der Waals surface area contributed by atoms with E-state index < -0.39 is 22.8 Å². The van der Waals surface area contributed by atoms with Crippen molar-refractivity contribution in [1.82, 2.24) is 0 Å². The molecule has 0 fully saturated rings. The molecule has 0 spiro atoms. The molecular weight excluding hydrogens is 251 g/mol. The van der Waals surface area contributed by atoms with Crippen LogP contribution in [-0.4, -0.2) is 10.9 Å². The van der Waals surface area contributed by atoms with Crippen LogP contribution < -0.4 is 4.31 Å². The van der Waals surface area contributed by atoms with Gasteiger partial charge >= 0.3 is 10.9 Å². The van der Waals surface area contributed by atoms with E-state index in [0.29, 0.717) is 0 Å². The lowest BCUT2D eigenvalue weighted by Crippen LogP contribution is -2.22. The fraction of sp³-hybridized carbons (Fsp3) is 0.125. The summed E-state index contributed by atoms with van der Waals surface area (Å²) in [5.41, 5.74) is -0.00433. The molecule has 0 heterocycles. The molecule has 0 saturated carbocycles. The Morgan fingerprint density at radius 3 is 2.27 bits per heavy atom. The molecule has 0 aromatic heterocycles. The molecule has 15 heavy (non-hydrogen) atoms. The summed E-state index contributed by atoms with van der Waals surface area (Å²) in [7, 11) is 0. The van der Waals surface area contributed by atoms with Crippen molar-refractivity contribution in [2.45, 2.75) is 4.71 Å². The second-order valence-electron chi connectivity index (χ2n) is 2.42. The number of amides is 1. The Morgan fingerprint density at radius 1 is 1.33 bits per heavy atom. The molecule has 0 radical (unpaired) electrons. The quantitative estimate of drug-likeness (QED) is 0.352. The third-order valence-electron chi connectivity index (χ3n) is 1.35. The molecule has 0 bridgehead atoms. The number of hydrogen-bond donors (Lipinski definition) is 0. The van der Waals surface area contributed by atoms with E-state index in [1.54, 1.807) is 6.07 Å². The summed E-state index contributed by atoms with van der Waals surface area (Å²) < 4.78 is 33.7. The minimum Gasteiger partial charge on any atom is -0.233 e. The van der Waals surface area contributed by atoms with Crippen molar-refractivity contribution in [3.63, 3.8) is 0 Å². The molecule has 0 unspecified atom stereocenters.